The first-order chi connectivity index (χ1) is 9.97. The molecule has 0 bridgehead atoms. The van der Waals surface area contributed by atoms with Crippen molar-refractivity contribution in [3.63, 3.8) is 0 Å². The quantitative estimate of drug-likeness (QED) is 0.883. The molecule has 5 heteroatoms. The van der Waals surface area contributed by atoms with Crippen molar-refractivity contribution in [2.24, 2.45) is 0 Å². The second-order valence-electron chi connectivity index (χ2n) is 6.13. The van der Waals surface area contributed by atoms with E-state index in [0.29, 0.717) is 24.3 Å². The summed E-state index contributed by atoms with van der Waals surface area (Å²) >= 11 is 3.61. The lowest BCUT2D eigenvalue weighted by Gasteiger charge is -2.29. The Morgan fingerprint density at radius 2 is 2.00 bits per heavy atom. The van der Waals surface area contributed by atoms with E-state index in [4.69, 9.17) is 9.47 Å². The van der Waals surface area contributed by atoms with E-state index in [1.807, 2.05) is 6.07 Å². The number of carboxylic acid groups (broad SMARTS) is 1. The molecule has 0 atom stereocenters. The van der Waals surface area contributed by atoms with Crippen LogP contribution in [0.5, 0.6) is 11.5 Å². The number of rotatable bonds is 3. The molecule has 1 saturated carbocycles. The van der Waals surface area contributed by atoms with Gasteiger partial charge in [-0.3, -0.25) is 4.79 Å². The fraction of sp³-hybridized carbons (Fsp3) is 0.562. The number of hydrogen-bond donors (Lipinski definition) is 1. The van der Waals surface area contributed by atoms with Gasteiger partial charge in [0.2, 0.25) is 6.79 Å². The molecule has 1 aromatic carbocycles. The fourth-order valence-corrected chi connectivity index (χ4v) is 4.54. The number of carboxylic acids is 1. The molecule has 0 saturated heterocycles. The molecular formula is C16H19BrO4. The number of ether oxygens (including phenoxy) is 2. The van der Waals surface area contributed by atoms with Crippen molar-refractivity contribution in [2.45, 2.75) is 50.9 Å². The van der Waals surface area contributed by atoms with Crippen LogP contribution in [0.25, 0.3) is 0 Å². The fourth-order valence-electron chi connectivity index (χ4n) is 3.55. The predicted molar refractivity (Wildman–Crippen MR) is 82.1 cm³/mol. The van der Waals surface area contributed by atoms with Crippen molar-refractivity contribution in [2.75, 3.05) is 6.79 Å². The molecule has 1 heterocycles. The molecule has 1 fully saturated rings. The summed E-state index contributed by atoms with van der Waals surface area (Å²) in [4.78, 5) is 12.0. The minimum absolute atomic E-state index is 0.189. The summed E-state index contributed by atoms with van der Waals surface area (Å²) in [7, 11) is 0. The summed E-state index contributed by atoms with van der Waals surface area (Å²) in [6.07, 6.45) is 3.29. The Kier molecular flexibility index (Phi) is 3.64. The standard InChI is InChI=1S/C16H19BrO4/c1-9(2)12-10(16(15(18)19)5-3-4-6-16)7-11-14(13(12)17)21-8-20-11/h7,9H,3-6,8H2,1-2H3,(H,18,19). The van der Waals surface area contributed by atoms with E-state index in [1.54, 1.807) is 0 Å². The van der Waals surface area contributed by atoms with Gasteiger partial charge in [-0.1, -0.05) is 26.7 Å². The SMILES string of the molecule is CC(C)c1c(C2(C(=O)O)CCCC2)cc2c(c1Br)OCO2. The van der Waals surface area contributed by atoms with Crippen molar-refractivity contribution >= 4 is 21.9 Å². The van der Waals surface area contributed by atoms with Crippen LogP contribution in [-0.2, 0) is 10.2 Å². The van der Waals surface area contributed by atoms with E-state index in [0.717, 1.165) is 28.4 Å². The molecule has 1 N–H and O–H groups in total. The second kappa shape index (κ2) is 5.20. The molecule has 0 amide bonds. The number of hydrogen-bond acceptors (Lipinski definition) is 3. The van der Waals surface area contributed by atoms with Gasteiger partial charge >= 0.3 is 5.97 Å². The van der Waals surface area contributed by atoms with Gasteiger partial charge in [0.1, 0.15) is 0 Å². The Bertz CT molecular complexity index is 588. The van der Waals surface area contributed by atoms with Crippen molar-refractivity contribution in [3.8, 4) is 11.5 Å². The minimum atomic E-state index is -0.789. The van der Waals surface area contributed by atoms with Crippen LogP contribution in [0, 0.1) is 0 Å². The maximum Gasteiger partial charge on any atom is 0.314 e. The topological polar surface area (TPSA) is 55.8 Å². The predicted octanol–water partition coefficient (Wildman–Crippen LogP) is 4.20. The van der Waals surface area contributed by atoms with Gasteiger partial charge in [-0.2, -0.15) is 0 Å². The first-order valence-corrected chi connectivity index (χ1v) is 8.12. The van der Waals surface area contributed by atoms with Crippen molar-refractivity contribution < 1.29 is 19.4 Å². The highest BCUT2D eigenvalue weighted by atomic mass is 79.9. The lowest BCUT2D eigenvalue weighted by molar-refractivity contribution is -0.143. The average Bonchev–Trinajstić information content (AvgIpc) is 3.07. The van der Waals surface area contributed by atoms with Crippen LogP contribution in [-0.4, -0.2) is 17.9 Å². The zero-order chi connectivity index (χ0) is 15.2. The molecule has 0 unspecified atom stereocenters. The lowest BCUT2D eigenvalue weighted by Crippen LogP contribution is -2.34. The van der Waals surface area contributed by atoms with Crippen LogP contribution >= 0.6 is 15.9 Å². The van der Waals surface area contributed by atoms with E-state index < -0.39 is 11.4 Å². The van der Waals surface area contributed by atoms with E-state index in [9.17, 15) is 9.90 Å². The molecule has 4 nitrogen and oxygen atoms in total. The van der Waals surface area contributed by atoms with Gasteiger partial charge in [-0.05, 0) is 51.9 Å². The molecule has 2 aliphatic rings. The summed E-state index contributed by atoms with van der Waals surface area (Å²) in [6.45, 7) is 4.35. The van der Waals surface area contributed by atoms with Crippen LogP contribution in [0.1, 0.15) is 56.6 Å². The molecule has 21 heavy (non-hydrogen) atoms. The van der Waals surface area contributed by atoms with Gasteiger partial charge in [-0.15, -0.1) is 0 Å². The number of fused-ring (bicyclic) bond motifs is 1. The summed E-state index contributed by atoms with van der Waals surface area (Å²) < 4.78 is 11.9. The van der Waals surface area contributed by atoms with E-state index >= 15 is 0 Å². The summed E-state index contributed by atoms with van der Waals surface area (Å²) in [6, 6.07) is 1.89. The molecule has 114 valence electrons. The zero-order valence-electron chi connectivity index (χ0n) is 12.2. The molecule has 1 aliphatic heterocycles. The molecule has 0 radical (unpaired) electrons. The van der Waals surface area contributed by atoms with Crippen molar-refractivity contribution in [1.29, 1.82) is 0 Å². The van der Waals surface area contributed by atoms with Crippen LogP contribution in [0.2, 0.25) is 0 Å². The first-order valence-electron chi connectivity index (χ1n) is 7.33. The van der Waals surface area contributed by atoms with Gasteiger partial charge < -0.3 is 14.6 Å². The zero-order valence-corrected chi connectivity index (χ0v) is 13.8. The molecule has 1 aliphatic carbocycles. The molecule has 0 aromatic heterocycles. The summed E-state index contributed by atoms with van der Waals surface area (Å²) in [5, 5.41) is 9.88. The number of halogens is 1. The summed E-state index contributed by atoms with van der Waals surface area (Å²) in [5.74, 6) is 0.822. The van der Waals surface area contributed by atoms with E-state index in [2.05, 4.69) is 29.8 Å². The van der Waals surface area contributed by atoms with E-state index in [-0.39, 0.29) is 12.7 Å². The van der Waals surface area contributed by atoms with Gasteiger partial charge in [0.25, 0.3) is 0 Å². The van der Waals surface area contributed by atoms with Gasteiger partial charge in [-0.25, -0.2) is 0 Å². The van der Waals surface area contributed by atoms with Gasteiger partial charge in [0.15, 0.2) is 11.5 Å². The van der Waals surface area contributed by atoms with Crippen LogP contribution in [0.4, 0.5) is 0 Å². The molecule has 3 rings (SSSR count). The largest absolute Gasteiger partial charge is 0.481 e. The van der Waals surface area contributed by atoms with Crippen molar-refractivity contribution in [1.82, 2.24) is 0 Å². The maximum atomic E-state index is 12.0. The Morgan fingerprint density at radius 3 is 2.57 bits per heavy atom. The van der Waals surface area contributed by atoms with E-state index in [1.165, 1.54) is 0 Å². The third kappa shape index (κ3) is 2.13. The summed E-state index contributed by atoms with van der Waals surface area (Å²) in [5.41, 5.74) is 1.13. The smallest absolute Gasteiger partial charge is 0.314 e. The number of benzene rings is 1. The Morgan fingerprint density at radius 1 is 1.33 bits per heavy atom. The second-order valence-corrected chi connectivity index (χ2v) is 6.93. The maximum absolute atomic E-state index is 12.0. The highest BCUT2D eigenvalue weighted by Gasteiger charge is 2.46. The van der Waals surface area contributed by atoms with Crippen LogP contribution < -0.4 is 9.47 Å². The van der Waals surface area contributed by atoms with Gasteiger partial charge in [0, 0.05) is 0 Å². The minimum Gasteiger partial charge on any atom is -0.481 e. The Balaban J connectivity index is 2.26. The average molecular weight is 355 g/mol. The lowest BCUT2D eigenvalue weighted by atomic mass is 9.74. The number of aliphatic carboxylic acids is 1. The third-order valence-corrected chi connectivity index (χ3v) is 5.39. The molecule has 0 spiro atoms. The normalized spacial score (nSPS) is 19.2. The Hall–Kier alpha value is -1.23. The van der Waals surface area contributed by atoms with Crippen molar-refractivity contribution in [3.05, 3.63) is 21.7 Å². The first kappa shape index (κ1) is 14.7. The highest BCUT2D eigenvalue weighted by molar-refractivity contribution is 9.10. The van der Waals surface area contributed by atoms with Crippen LogP contribution in [0.15, 0.2) is 10.5 Å². The third-order valence-electron chi connectivity index (χ3n) is 4.60. The monoisotopic (exact) mass is 354 g/mol. The Labute approximate surface area is 132 Å². The molecule has 1 aromatic rings. The van der Waals surface area contributed by atoms with Gasteiger partial charge in [0.05, 0.1) is 9.89 Å². The molecular weight excluding hydrogens is 336 g/mol. The number of carbonyl (C=O) groups is 1. The van der Waals surface area contributed by atoms with Crippen LogP contribution in [0.3, 0.4) is 0 Å². The highest BCUT2D eigenvalue weighted by Crippen LogP contribution is 2.52.